The quantitative estimate of drug-likeness (QED) is 0.499. The number of hydrogen-bond acceptors (Lipinski definition) is 3. The van der Waals surface area contributed by atoms with Crippen LogP contribution in [0.2, 0.25) is 0 Å². The molecular formula is C25H28N2O3S. The summed E-state index contributed by atoms with van der Waals surface area (Å²) >= 11 is 0. The molecular weight excluding hydrogens is 408 g/mol. The number of carbonyl (C=O) groups excluding carboxylic acids is 1. The fourth-order valence-corrected chi connectivity index (χ4v) is 4.83. The molecule has 0 aromatic heterocycles. The largest absolute Gasteiger partial charge is 0.352 e. The Morgan fingerprint density at radius 3 is 2.23 bits per heavy atom. The molecule has 0 aliphatic rings. The molecule has 0 heterocycles. The van der Waals surface area contributed by atoms with E-state index in [1.807, 2.05) is 38.1 Å². The maximum Gasteiger partial charge on any atom is 0.262 e. The zero-order chi connectivity index (χ0) is 22.4. The third kappa shape index (κ3) is 6.18. The second-order valence-corrected chi connectivity index (χ2v) is 9.46. The molecule has 31 heavy (non-hydrogen) atoms. The van der Waals surface area contributed by atoms with Crippen molar-refractivity contribution >= 4 is 21.6 Å². The van der Waals surface area contributed by atoms with E-state index in [0.29, 0.717) is 23.4 Å². The summed E-state index contributed by atoms with van der Waals surface area (Å²) in [4.78, 5) is 12.7. The Kier molecular flexibility index (Phi) is 7.13. The van der Waals surface area contributed by atoms with Gasteiger partial charge < -0.3 is 5.32 Å². The molecule has 0 radical (unpaired) electrons. The minimum Gasteiger partial charge on any atom is -0.352 e. The third-order valence-electron chi connectivity index (χ3n) is 4.98. The minimum absolute atomic E-state index is 0.101. The highest BCUT2D eigenvalue weighted by Crippen LogP contribution is 2.22. The Hall–Kier alpha value is -3.12. The Morgan fingerprint density at radius 1 is 0.871 bits per heavy atom. The SMILES string of the molecule is Cc1cc(C)cc(NS(=O)(=O)c2cc(C(=O)NCCCc3ccccc3)ccc2C)c1. The number of aryl methyl sites for hydroxylation is 4. The topological polar surface area (TPSA) is 75.3 Å². The van der Waals surface area contributed by atoms with Gasteiger partial charge in [-0.3, -0.25) is 9.52 Å². The number of benzene rings is 3. The van der Waals surface area contributed by atoms with Gasteiger partial charge >= 0.3 is 0 Å². The number of amides is 1. The first kappa shape index (κ1) is 22.6. The number of hydrogen-bond donors (Lipinski definition) is 2. The van der Waals surface area contributed by atoms with Crippen molar-refractivity contribution in [2.24, 2.45) is 0 Å². The van der Waals surface area contributed by atoms with Crippen LogP contribution in [0.1, 0.15) is 39.0 Å². The fraction of sp³-hybridized carbons (Fsp3) is 0.240. The molecule has 0 saturated heterocycles. The predicted octanol–water partition coefficient (Wildman–Crippen LogP) is 4.78. The van der Waals surface area contributed by atoms with Crippen LogP contribution in [0, 0.1) is 20.8 Å². The molecule has 0 spiro atoms. The zero-order valence-electron chi connectivity index (χ0n) is 18.1. The van der Waals surface area contributed by atoms with Crippen molar-refractivity contribution in [3.63, 3.8) is 0 Å². The van der Waals surface area contributed by atoms with Crippen LogP contribution < -0.4 is 10.0 Å². The summed E-state index contributed by atoms with van der Waals surface area (Å²) in [6, 6.07) is 20.4. The molecule has 0 saturated carbocycles. The first-order valence-electron chi connectivity index (χ1n) is 10.3. The maximum absolute atomic E-state index is 13.0. The number of carbonyl (C=O) groups is 1. The molecule has 6 heteroatoms. The van der Waals surface area contributed by atoms with Gasteiger partial charge in [0.15, 0.2) is 0 Å². The van der Waals surface area contributed by atoms with Crippen LogP contribution in [0.5, 0.6) is 0 Å². The van der Waals surface area contributed by atoms with Crippen LogP contribution in [0.3, 0.4) is 0 Å². The van der Waals surface area contributed by atoms with Crippen molar-refractivity contribution in [2.45, 2.75) is 38.5 Å². The monoisotopic (exact) mass is 436 g/mol. The van der Waals surface area contributed by atoms with Crippen LogP contribution in [0.15, 0.2) is 71.6 Å². The molecule has 0 fully saturated rings. The zero-order valence-corrected chi connectivity index (χ0v) is 18.9. The molecule has 0 unspecified atom stereocenters. The Labute approximate surface area is 184 Å². The summed E-state index contributed by atoms with van der Waals surface area (Å²) in [7, 11) is -3.82. The van der Waals surface area contributed by atoms with Gasteiger partial charge in [-0.05, 0) is 80.1 Å². The first-order valence-corrected chi connectivity index (χ1v) is 11.8. The van der Waals surface area contributed by atoms with Crippen LogP contribution >= 0.6 is 0 Å². The van der Waals surface area contributed by atoms with Crippen molar-refractivity contribution in [3.8, 4) is 0 Å². The van der Waals surface area contributed by atoms with Crippen molar-refractivity contribution in [1.29, 1.82) is 0 Å². The van der Waals surface area contributed by atoms with Crippen LogP contribution in [0.25, 0.3) is 0 Å². The van der Waals surface area contributed by atoms with Gasteiger partial charge in [-0.1, -0.05) is 42.5 Å². The van der Waals surface area contributed by atoms with Crippen molar-refractivity contribution in [1.82, 2.24) is 5.32 Å². The molecule has 0 aliphatic carbocycles. The van der Waals surface area contributed by atoms with Gasteiger partial charge in [0.25, 0.3) is 15.9 Å². The van der Waals surface area contributed by atoms with Crippen molar-refractivity contribution in [2.75, 3.05) is 11.3 Å². The number of nitrogens with one attached hydrogen (secondary N) is 2. The molecule has 0 aliphatic heterocycles. The summed E-state index contributed by atoms with van der Waals surface area (Å²) < 4.78 is 28.6. The third-order valence-corrected chi connectivity index (χ3v) is 6.51. The van der Waals surface area contributed by atoms with Gasteiger partial charge in [-0.15, -0.1) is 0 Å². The molecule has 3 aromatic rings. The van der Waals surface area contributed by atoms with Gasteiger partial charge in [0.1, 0.15) is 0 Å². The van der Waals surface area contributed by atoms with E-state index in [9.17, 15) is 13.2 Å². The Morgan fingerprint density at radius 2 is 1.55 bits per heavy atom. The van der Waals surface area contributed by atoms with E-state index < -0.39 is 10.0 Å². The molecule has 3 aromatic carbocycles. The highest BCUT2D eigenvalue weighted by molar-refractivity contribution is 7.92. The lowest BCUT2D eigenvalue weighted by molar-refractivity contribution is 0.0953. The van der Waals surface area contributed by atoms with Crippen LogP contribution in [-0.4, -0.2) is 20.9 Å². The van der Waals surface area contributed by atoms with E-state index >= 15 is 0 Å². The lowest BCUT2D eigenvalue weighted by atomic mass is 10.1. The molecule has 1 amide bonds. The number of rotatable bonds is 8. The molecule has 0 atom stereocenters. The highest BCUT2D eigenvalue weighted by Gasteiger charge is 2.19. The molecule has 2 N–H and O–H groups in total. The standard InChI is InChI=1S/C25H28N2O3S/c1-18-14-19(2)16-23(15-18)27-31(29,30)24-17-22(12-11-20(24)3)25(28)26-13-7-10-21-8-5-4-6-9-21/h4-6,8-9,11-12,14-17,27H,7,10,13H2,1-3H3,(H,26,28). The van der Waals surface area contributed by atoms with Crippen molar-refractivity contribution in [3.05, 3.63) is 94.5 Å². The minimum atomic E-state index is -3.82. The van der Waals surface area contributed by atoms with E-state index in [4.69, 9.17) is 0 Å². The maximum atomic E-state index is 13.0. The van der Waals surface area contributed by atoms with E-state index in [0.717, 1.165) is 24.0 Å². The fourth-order valence-electron chi connectivity index (χ4n) is 3.52. The van der Waals surface area contributed by atoms with Gasteiger partial charge in [0, 0.05) is 17.8 Å². The second-order valence-electron chi connectivity index (χ2n) is 7.81. The van der Waals surface area contributed by atoms with Crippen molar-refractivity contribution < 1.29 is 13.2 Å². The van der Waals surface area contributed by atoms with Gasteiger partial charge in [-0.2, -0.15) is 0 Å². The summed E-state index contributed by atoms with van der Waals surface area (Å²) in [6.45, 7) is 6.07. The van der Waals surface area contributed by atoms with Crippen LogP contribution in [0.4, 0.5) is 5.69 Å². The average molecular weight is 437 g/mol. The second kappa shape index (κ2) is 9.79. The highest BCUT2D eigenvalue weighted by atomic mass is 32.2. The Balaban J connectivity index is 1.69. The molecule has 162 valence electrons. The summed E-state index contributed by atoms with van der Waals surface area (Å²) in [5.74, 6) is -0.282. The Bertz CT molecular complexity index is 1150. The molecule has 0 bridgehead atoms. The normalized spacial score (nSPS) is 11.2. The van der Waals surface area contributed by atoms with Gasteiger partial charge in [0.05, 0.1) is 4.90 Å². The van der Waals surface area contributed by atoms with E-state index in [1.54, 1.807) is 31.2 Å². The number of anilines is 1. The van der Waals surface area contributed by atoms with E-state index in [-0.39, 0.29) is 10.8 Å². The number of sulfonamides is 1. The smallest absolute Gasteiger partial charge is 0.262 e. The summed E-state index contributed by atoms with van der Waals surface area (Å²) in [5.41, 5.74) is 4.57. The first-order chi connectivity index (χ1) is 14.7. The summed E-state index contributed by atoms with van der Waals surface area (Å²) in [6.07, 6.45) is 1.68. The summed E-state index contributed by atoms with van der Waals surface area (Å²) in [5, 5.41) is 2.88. The van der Waals surface area contributed by atoms with Gasteiger partial charge in [0.2, 0.25) is 0 Å². The molecule has 3 rings (SSSR count). The van der Waals surface area contributed by atoms with Gasteiger partial charge in [-0.25, -0.2) is 8.42 Å². The molecule has 5 nitrogen and oxygen atoms in total. The van der Waals surface area contributed by atoms with Crippen LogP contribution in [-0.2, 0) is 16.4 Å². The lowest BCUT2D eigenvalue weighted by Crippen LogP contribution is -2.25. The lowest BCUT2D eigenvalue weighted by Gasteiger charge is -2.13. The van der Waals surface area contributed by atoms with E-state index in [2.05, 4.69) is 22.2 Å². The van der Waals surface area contributed by atoms with E-state index in [1.165, 1.54) is 11.6 Å². The average Bonchev–Trinajstić information content (AvgIpc) is 2.71. The predicted molar refractivity (Wildman–Crippen MR) is 125 cm³/mol.